The molecule has 0 fully saturated rings. The van der Waals surface area contributed by atoms with Crippen molar-refractivity contribution in [3.05, 3.63) is 50.1 Å². The molecule has 3 rings (SSSR count). The summed E-state index contributed by atoms with van der Waals surface area (Å²) in [5.74, 6) is 1.03. The minimum Gasteiger partial charge on any atom is -0.488 e. The van der Waals surface area contributed by atoms with Crippen molar-refractivity contribution >= 4 is 27.3 Å². The fourth-order valence-corrected chi connectivity index (χ4v) is 4.75. The van der Waals surface area contributed by atoms with Crippen LogP contribution in [0, 0.1) is 6.92 Å². The molecule has 2 aromatic rings. The molecule has 1 aliphatic heterocycles. The second-order valence-corrected chi connectivity index (χ2v) is 7.21. The maximum absolute atomic E-state index is 6.16. The van der Waals surface area contributed by atoms with Crippen molar-refractivity contribution in [2.45, 2.75) is 32.4 Å². The highest BCUT2D eigenvalue weighted by atomic mass is 79.9. The molecule has 0 saturated heterocycles. The van der Waals surface area contributed by atoms with Crippen molar-refractivity contribution < 1.29 is 4.74 Å². The molecule has 1 N–H and O–H groups in total. The minimum absolute atomic E-state index is 0.168. The molecule has 0 bridgehead atoms. The number of aryl methyl sites for hydroxylation is 1. The van der Waals surface area contributed by atoms with Gasteiger partial charge >= 0.3 is 0 Å². The Morgan fingerprint density at radius 2 is 2.25 bits per heavy atom. The molecule has 0 aliphatic carbocycles. The van der Waals surface area contributed by atoms with Crippen molar-refractivity contribution in [1.82, 2.24) is 5.32 Å². The Balaban J connectivity index is 1.88. The van der Waals surface area contributed by atoms with E-state index in [-0.39, 0.29) is 12.1 Å². The van der Waals surface area contributed by atoms with Crippen molar-refractivity contribution in [3.63, 3.8) is 0 Å². The topological polar surface area (TPSA) is 21.3 Å². The SMILES string of the molecule is CCNC(c1sc(C)cc1Br)C1Cc2ccccc2O1. The van der Waals surface area contributed by atoms with Crippen LogP contribution in [-0.4, -0.2) is 12.6 Å². The van der Waals surface area contributed by atoms with Crippen LogP contribution in [0.15, 0.2) is 34.8 Å². The molecule has 0 radical (unpaired) electrons. The lowest BCUT2D eigenvalue weighted by molar-refractivity contribution is 0.181. The molecule has 2 heterocycles. The van der Waals surface area contributed by atoms with Crippen molar-refractivity contribution in [2.24, 2.45) is 0 Å². The monoisotopic (exact) mass is 351 g/mol. The van der Waals surface area contributed by atoms with Crippen LogP contribution >= 0.6 is 27.3 Å². The molecular formula is C16H18BrNOS. The van der Waals surface area contributed by atoms with Gasteiger partial charge in [-0.15, -0.1) is 11.3 Å². The van der Waals surface area contributed by atoms with Gasteiger partial charge in [-0.3, -0.25) is 0 Å². The van der Waals surface area contributed by atoms with Gasteiger partial charge in [0.1, 0.15) is 11.9 Å². The van der Waals surface area contributed by atoms with E-state index >= 15 is 0 Å². The fraction of sp³-hybridized carbons (Fsp3) is 0.375. The maximum atomic E-state index is 6.16. The van der Waals surface area contributed by atoms with E-state index in [2.05, 4.69) is 59.4 Å². The summed E-state index contributed by atoms with van der Waals surface area (Å²) in [7, 11) is 0. The van der Waals surface area contributed by atoms with E-state index in [4.69, 9.17) is 4.74 Å². The van der Waals surface area contributed by atoms with Crippen molar-refractivity contribution in [2.75, 3.05) is 6.54 Å². The van der Waals surface area contributed by atoms with Crippen LogP contribution in [0.3, 0.4) is 0 Å². The van der Waals surface area contributed by atoms with Crippen LogP contribution in [0.25, 0.3) is 0 Å². The first-order valence-corrected chi connectivity index (χ1v) is 8.53. The number of halogens is 1. The average molecular weight is 352 g/mol. The van der Waals surface area contributed by atoms with Gasteiger partial charge in [-0.1, -0.05) is 25.1 Å². The quantitative estimate of drug-likeness (QED) is 0.876. The highest BCUT2D eigenvalue weighted by Crippen LogP contribution is 2.39. The van der Waals surface area contributed by atoms with Crippen LogP contribution < -0.4 is 10.1 Å². The normalized spacial score (nSPS) is 18.6. The average Bonchev–Trinajstić information content (AvgIpc) is 2.99. The molecular weight excluding hydrogens is 334 g/mol. The highest BCUT2D eigenvalue weighted by molar-refractivity contribution is 9.10. The number of rotatable bonds is 4. The summed E-state index contributed by atoms with van der Waals surface area (Å²) in [6.45, 7) is 5.22. The smallest absolute Gasteiger partial charge is 0.123 e. The molecule has 0 saturated carbocycles. The van der Waals surface area contributed by atoms with Crippen LogP contribution in [0.5, 0.6) is 5.75 Å². The van der Waals surface area contributed by atoms with Gasteiger partial charge in [-0.05, 0) is 47.1 Å². The van der Waals surface area contributed by atoms with Crippen LogP contribution in [0.1, 0.15) is 28.3 Å². The first-order valence-electron chi connectivity index (χ1n) is 6.92. The van der Waals surface area contributed by atoms with E-state index in [1.165, 1.54) is 19.8 Å². The number of hydrogen-bond donors (Lipinski definition) is 1. The molecule has 20 heavy (non-hydrogen) atoms. The number of nitrogens with one attached hydrogen (secondary N) is 1. The largest absolute Gasteiger partial charge is 0.488 e. The summed E-state index contributed by atoms with van der Waals surface area (Å²) in [6, 6.07) is 10.8. The Morgan fingerprint density at radius 3 is 2.90 bits per heavy atom. The third-order valence-corrected chi connectivity index (χ3v) is 5.64. The Hall–Kier alpha value is -0.840. The number of benzene rings is 1. The van der Waals surface area contributed by atoms with Gasteiger partial charge in [0.2, 0.25) is 0 Å². The maximum Gasteiger partial charge on any atom is 0.123 e. The van der Waals surface area contributed by atoms with E-state index in [0.29, 0.717) is 0 Å². The standard InChI is InChI=1S/C16H18BrNOS/c1-3-18-15(16-12(17)8-10(2)20-16)14-9-11-6-4-5-7-13(11)19-14/h4-8,14-15,18H,3,9H2,1-2H3. The number of likely N-dealkylation sites (N-methyl/N-ethyl adjacent to an activating group) is 1. The number of hydrogen-bond acceptors (Lipinski definition) is 3. The molecule has 2 nitrogen and oxygen atoms in total. The first-order chi connectivity index (χ1) is 9.69. The van der Waals surface area contributed by atoms with Crippen LogP contribution in [0.2, 0.25) is 0 Å². The predicted molar refractivity (Wildman–Crippen MR) is 87.7 cm³/mol. The second-order valence-electron chi connectivity index (χ2n) is 5.07. The Bertz CT molecular complexity index is 585. The number of para-hydroxylation sites is 1. The molecule has 2 atom stereocenters. The Kier molecular flexibility index (Phi) is 4.15. The van der Waals surface area contributed by atoms with Gasteiger partial charge in [-0.25, -0.2) is 0 Å². The molecule has 1 aromatic heterocycles. The number of ether oxygens (including phenoxy) is 1. The lowest BCUT2D eigenvalue weighted by atomic mass is 10.0. The number of fused-ring (bicyclic) bond motifs is 1. The van der Waals surface area contributed by atoms with Crippen LogP contribution in [-0.2, 0) is 6.42 Å². The molecule has 0 amide bonds. The van der Waals surface area contributed by atoms with E-state index in [1.54, 1.807) is 0 Å². The summed E-state index contributed by atoms with van der Waals surface area (Å²) < 4.78 is 7.35. The molecule has 2 unspecified atom stereocenters. The van der Waals surface area contributed by atoms with Gasteiger partial charge in [0, 0.05) is 20.6 Å². The zero-order valence-electron chi connectivity index (χ0n) is 11.7. The molecule has 4 heteroatoms. The zero-order chi connectivity index (χ0) is 14.1. The van der Waals surface area contributed by atoms with Crippen LogP contribution in [0.4, 0.5) is 0 Å². The lowest BCUT2D eigenvalue weighted by Gasteiger charge is -2.23. The van der Waals surface area contributed by atoms with Gasteiger partial charge in [-0.2, -0.15) is 0 Å². The van der Waals surface area contributed by atoms with E-state index in [1.807, 2.05) is 17.4 Å². The summed E-state index contributed by atoms with van der Waals surface area (Å²) in [5, 5.41) is 3.59. The summed E-state index contributed by atoms with van der Waals surface area (Å²) >= 11 is 5.52. The fourth-order valence-electron chi connectivity index (χ4n) is 2.72. The minimum atomic E-state index is 0.168. The van der Waals surface area contributed by atoms with Gasteiger partial charge < -0.3 is 10.1 Å². The third-order valence-electron chi connectivity index (χ3n) is 3.59. The van der Waals surface area contributed by atoms with E-state index < -0.39 is 0 Å². The summed E-state index contributed by atoms with van der Waals surface area (Å²) in [5.41, 5.74) is 1.31. The zero-order valence-corrected chi connectivity index (χ0v) is 14.1. The highest BCUT2D eigenvalue weighted by Gasteiger charge is 2.32. The van der Waals surface area contributed by atoms with Crippen molar-refractivity contribution in [3.8, 4) is 5.75 Å². The molecule has 106 valence electrons. The third kappa shape index (κ3) is 2.65. The summed E-state index contributed by atoms with van der Waals surface area (Å²) in [4.78, 5) is 2.66. The molecule has 1 aliphatic rings. The predicted octanol–water partition coefficient (Wildman–Crippen LogP) is 4.47. The van der Waals surface area contributed by atoms with E-state index in [9.17, 15) is 0 Å². The number of thiophene rings is 1. The van der Waals surface area contributed by atoms with Gasteiger partial charge in [0.15, 0.2) is 0 Å². The first kappa shape index (κ1) is 14.1. The second kappa shape index (κ2) is 5.88. The molecule has 1 aromatic carbocycles. The Labute approximate surface area is 132 Å². The van der Waals surface area contributed by atoms with E-state index in [0.717, 1.165) is 18.7 Å². The Morgan fingerprint density at radius 1 is 1.45 bits per heavy atom. The van der Waals surface area contributed by atoms with Gasteiger partial charge in [0.05, 0.1) is 6.04 Å². The van der Waals surface area contributed by atoms with Gasteiger partial charge in [0.25, 0.3) is 0 Å². The molecule has 0 spiro atoms. The van der Waals surface area contributed by atoms with Crippen molar-refractivity contribution in [1.29, 1.82) is 0 Å². The summed E-state index contributed by atoms with van der Waals surface area (Å²) in [6.07, 6.45) is 1.14. The lowest BCUT2D eigenvalue weighted by Crippen LogP contribution is -2.34.